The van der Waals surface area contributed by atoms with Crippen LogP contribution in [0.15, 0.2) is 18.2 Å². The van der Waals surface area contributed by atoms with Crippen LogP contribution in [0, 0.1) is 0 Å². The third-order valence-corrected chi connectivity index (χ3v) is 3.64. The van der Waals surface area contributed by atoms with E-state index < -0.39 is 0 Å². The summed E-state index contributed by atoms with van der Waals surface area (Å²) in [6.45, 7) is 5.29. The van der Waals surface area contributed by atoms with Gasteiger partial charge in [0.15, 0.2) is 0 Å². The van der Waals surface area contributed by atoms with Crippen LogP contribution in [0.4, 0.5) is 0 Å². The second kappa shape index (κ2) is 9.64. The van der Waals surface area contributed by atoms with Crippen LogP contribution in [0.1, 0.15) is 44.7 Å². The Bertz CT molecular complexity index is 409. The fraction of sp³-hybridized carbons (Fsp3) is 0.647. The highest BCUT2D eigenvalue weighted by molar-refractivity contribution is 5.43. The summed E-state index contributed by atoms with van der Waals surface area (Å²) in [5.74, 6) is 1.63. The number of methoxy groups -OCH3 is 3. The first kappa shape index (κ1) is 17.8. The number of hydrogen-bond donors (Lipinski definition) is 1. The van der Waals surface area contributed by atoms with E-state index in [0.29, 0.717) is 0 Å². The Kier molecular flexibility index (Phi) is 8.16. The Labute approximate surface area is 128 Å². The number of benzene rings is 1. The van der Waals surface area contributed by atoms with Crippen molar-refractivity contribution < 1.29 is 14.2 Å². The zero-order chi connectivity index (χ0) is 15.7. The molecule has 2 unspecified atom stereocenters. The molecule has 0 aromatic heterocycles. The van der Waals surface area contributed by atoms with Gasteiger partial charge in [-0.15, -0.1) is 0 Å². The molecule has 0 amide bonds. The molecule has 0 heterocycles. The molecule has 0 aliphatic carbocycles. The molecule has 0 aliphatic rings. The van der Waals surface area contributed by atoms with Crippen LogP contribution in [0.5, 0.6) is 11.5 Å². The predicted molar refractivity (Wildman–Crippen MR) is 86.3 cm³/mol. The molecule has 21 heavy (non-hydrogen) atoms. The van der Waals surface area contributed by atoms with Crippen LogP contribution >= 0.6 is 0 Å². The van der Waals surface area contributed by atoms with Crippen molar-refractivity contribution in [3.63, 3.8) is 0 Å². The zero-order valence-electron chi connectivity index (χ0n) is 13.9. The van der Waals surface area contributed by atoms with Crippen molar-refractivity contribution in [2.24, 2.45) is 0 Å². The Morgan fingerprint density at radius 3 is 2.33 bits per heavy atom. The zero-order valence-corrected chi connectivity index (χ0v) is 13.9. The largest absolute Gasteiger partial charge is 0.497 e. The van der Waals surface area contributed by atoms with Crippen molar-refractivity contribution in [2.75, 3.05) is 27.9 Å². The first-order valence-corrected chi connectivity index (χ1v) is 7.69. The summed E-state index contributed by atoms with van der Waals surface area (Å²) in [5, 5.41) is 3.59. The van der Waals surface area contributed by atoms with Crippen LogP contribution in [0.3, 0.4) is 0 Å². The van der Waals surface area contributed by atoms with Gasteiger partial charge in [0.1, 0.15) is 11.5 Å². The van der Waals surface area contributed by atoms with Crippen molar-refractivity contribution in [1.82, 2.24) is 5.32 Å². The topological polar surface area (TPSA) is 39.7 Å². The minimum atomic E-state index is 0.121. The second-order valence-electron chi connectivity index (χ2n) is 5.10. The van der Waals surface area contributed by atoms with E-state index in [0.717, 1.165) is 42.9 Å². The molecule has 0 bridgehead atoms. The lowest BCUT2D eigenvalue weighted by Crippen LogP contribution is -2.34. The maximum Gasteiger partial charge on any atom is 0.127 e. The molecule has 0 spiro atoms. The lowest BCUT2D eigenvalue weighted by molar-refractivity contribution is 0.0598. The van der Waals surface area contributed by atoms with Gasteiger partial charge in [-0.2, -0.15) is 0 Å². The lowest BCUT2D eigenvalue weighted by atomic mass is 9.96. The summed E-state index contributed by atoms with van der Waals surface area (Å²) in [5.41, 5.74) is 1.12. The van der Waals surface area contributed by atoms with E-state index >= 15 is 0 Å². The molecule has 4 heteroatoms. The normalized spacial score (nSPS) is 13.8. The molecule has 4 nitrogen and oxygen atoms in total. The maximum absolute atomic E-state index is 5.71. The second-order valence-corrected chi connectivity index (χ2v) is 5.10. The van der Waals surface area contributed by atoms with Crippen LogP contribution in [-0.4, -0.2) is 34.0 Å². The highest BCUT2D eigenvalue weighted by atomic mass is 16.5. The number of ether oxygens (including phenoxy) is 3. The smallest absolute Gasteiger partial charge is 0.127 e. The predicted octanol–water partition coefficient (Wildman–Crippen LogP) is 3.56. The minimum Gasteiger partial charge on any atom is -0.497 e. The standard InChI is InChI=1S/C17H29NO3/c1-6-8-15(20-4)17(18-11-7-2)14-10-9-13(19-3)12-16(14)21-5/h9-10,12,15,17-18H,6-8,11H2,1-5H3. The van der Waals surface area contributed by atoms with Crippen LogP contribution in [0.2, 0.25) is 0 Å². The molecule has 1 aromatic carbocycles. The van der Waals surface area contributed by atoms with E-state index in [1.54, 1.807) is 21.3 Å². The third kappa shape index (κ3) is 4.90. The molecule has 1 N–H and O–H groups in total. The Hall–Kier alpha value is -1.26. The molecule has 0 fully saturated rings. The number of hydrogen-bond acceptors (Lipinski definition) is 4. The van der Waals surface area contributed by atoms with Gasteiger partial charge in [0, 0.05) is 18.7 Å². The van der Waals surface area contributed by atoms with Gasteiger partial charge in [0.25, 0.3) is 0 Å². The van der Waals surface area contributed by atoms with Crippen molar-refractivity contribution in [3.05, 3.63) is 23.8 Å². The maximum atomic E-state index is 5.71. The minimum absolute atomic E-state index is 0.121. The molecule has 0 radical (unpaired) electrons. The van der Waals surface area contributed by atoms with Crippen molar-refractivity contribution in [2.45, 2.75) is 45.3 Å². The molecule has 1 rings (SSSR count). The summed E-state index contributed by atoms with van der Waals surface area (Å²) in [7, 11) is 5.13. The van der Waals surface area contributed by atoms with Gasteiger partial charge < -0.3 is 19.5 Å². The van der Waals surface area contributed by atoms with E-state index in [-0.39, 0.29) is 12.1 Å². The van der Waals surface area contributed by atoms with Crippen LogP contribution in [0.25, 0.3) is 0 Å². The van der Waals surface area contributed by atoms with Gasteiger partial charge in [-0.3, -0.25) is 0 Å². The van der Waals surface area contributed by atoms with E-state index in [2.05, 4.69) is 25.2 Å². The summed E-state index contributed by atoms with van der Waals surface area (Å²) in [6.07, 6.45) is 3.30. The Balaban J connectivity index is 3.11. The van der Waals surface area contributed by atoms with Crippen molar-refractivity contribution in [3.8, 4) is 11.5 Å². The third-order valence-electron chi connectivity index (χ3n) is 3.64. The average Bonchev–Trinajstić information content (AvgIpc) is 2.53. The number of rotatable bonds is 10. The monoisotopic (exact) mass is 295 g/mol. The van der Waals surface area contributed by atoms with Crippen molar-refractivity contribution >= 4 is 0 Å². The molecule has 1 aromatic rings. The molecule has 2 atom stereocenters. The van der Waals surface area contributed by atoms with E-state index in [1.165, 1.54) is 0 Å². The van der Waals surface area contributed by atoms with E-state index in [1.807, 2.05) is 12.1 Å². The van der Waals surface area contributed by atoms with Gasteiger partial charge in [-0.05, 0) is 31.5 Å². The quantitative estimate of drug-likeness (QED) is 0.716. The van der Waals surface area contributed by atoms with Gasteiger partial charge in [-0.1, -0.05) is 20.3 Å². The highest BCUT2D eigenvalue weighted by Crippen LogP contribution is 2.33. The summed E-state index contributed by atoms with van der Waals surface area (Å²) in [4.78, 5) is 0. The lowest BCUT2D eigenvalue weighted by Gasteiger charge is -2.28. The van der Waals surface area contributed by atoms with E-state index in [9.17, 15) is 0 Å². The Morgan fingerprint density at radius 2 is 1.81 bits per heavy atom. The van der Waals surface area contributed by atoms with Gasteiger partial charge in [0.05, 0.1) is 26.4 Å². The molecule has 0 aliphatic heterocycles. The first-order valence-electron chi connectivity index (χ1n) is 7.69. The van der Waals surface area contributed by atoms with Crippen LogP contribution in [-0.2, 0) is 4.74 Å². The molecule has 0 saturated heterocycles. The van der Waals surface area contributed by atoms with Gasteiger partial charge >= 0.3 is 0 Å². The summed E-state index contributed by atoms with van der Waals surface area (Å²) < 4.78 is 16.5. The van der Waals surface area contributed by atoms with Crippen LogP contribution < -0.4 is 14.8 Å². The first-order chi connectivity index (χ1) is 10.2. The molecule has 0 saturated carbocycles. The molecular formula is C17H29NO3. The SMILES string of the molecule is CCCNC(c1ccc(OC)cc1OC)C(CCC)OC. The highest BCUT2D eigenvalue weighted by Gasteiger charge is 2.25. The van der Waals surface area contributed by atoms with Gasteiger partial charge in [0.2, 0.25) is 0 Å². The molecular weight excluding hydrogens is 266 g/mol. The fourth-order valence-corrected chi connectivity index (χ4v) is 2.52. The average molecular weight is 295 g/mol. The van der Waals surface area contributed by atoms with Crippen molar-refractivity contribution in [1.29, 1.82) is 0 Å². The fourth-order valence-electron chi connectivity index (χ4n) is 2.52. The number of nitrogens with one attached hydrogen (secondary N) is 1. The molecule has 120 valence electrons. The Morgan fingerprint density at radius 1 is 1.05 bits per heavy atom. The summed E-state index contributed by atoms with van der Waals surface area (Å²) in [6, 6.07) is 6.08. The summed E-state index contributed by atoms with van der Waals surface area (Å²) >= 11 is 0. The van der Waals surface area contributed by atoms with E-state index in [4.69, 9.17) is 14.2 Å². The van der Waals surface area contributed by atoms with Gasteiger partial charge in [-0.25, -0.2) is 0 Å².